The van der Waals surface area contributed by atoms with Gasteiger partial charge in [0.15, 0.2) is 0 Å². The zero-order chi connectivity index (χ0) is 23.6. The van der Waals surface area contributed by atoms with E-state index in [1.807, 2.05) is 18.2 Å². The molecule has 7 heteroatoms. The summed E-state index contributed by atoms with van der Waals surface area (Å²) in [7, 11) is 0. The van der Waals surface area contributed by atoms with E-state index in [0.717, 1.165) is 0 Å². The van der Waals surface area contributed by atoms with Crippen LogP contribution in [0.15, 0.2) is 66.7 Å². The Bertz CT molecular complexity index is 945. The lowest BCUT2D eigenvalue weighted by Gasteiger charge is -2.22. The number of aliphatic carboxylic acids is 1. The molecule has 0 saturated heterocycles. The van der Waals surface area contributed by atoms with Gasteiger partial charge in [-0.1, -0.05) is 36.4 Å². The van der Waals surface area contributed by atoms with Gasteiger partial charge in [-0.15, -0.1) is 11.6 Å². The smallest absolute Gasteiger partial charge is 0.343 e. The zero-order valence-corrected chi connectivity index (χ0v) is 19.1. The molecule has 1 aliphatic carbocycles. The van der Waals surface area contributed by atoms with Gasteiger partial charge in [0.05, 0.1) is 18.3 Å². The van der Waals surface area contributed by atoms with E-state index >= 15 is 0 Å². The molecule has 4 atom stereocenters. The van der Waals surface area contributed by atoms with Crippen molar-refractivity contribution in [2.24, 2.45) is 11.8 Å². The van der Waals surface area contributed by atoms with Crippen molar-refractivity contribution in [3.63, 3.8) is 0 Å². The predicted octanol–water partition coefficient (Wildman–Crippen LogP) is 5.09. The summed E-state index contributed by atoms with van der Waals surface area (Å²) in [6, 6.07) is 15.6. The van der Waals surface area contributed by atoms with E-state index < -0.39 is 18.0 Å². The fraction of sp³-hybridized carbons (Fsp3) is 0.385. The lowest BCUT2D eigenvalue weighted by Crippen LogP contribution is -2.27. The number of hydrogen-bond donors (Lipinski definition) is 2. The molecule has 6 nitrogen and oxygen atoms in total. The molecule has 1 aliphatic rings. The van der Waals surface area contributed by atoms with Crippen LogP contribution in [-0.4, -0.2) is 40.2 Å². The highest BCUT2D eigenvalue weighted by molar-refractivity contribution is 6.21. The number of carboxylic acid groups (broad SMARTS) is 1. The summed E-state index contributed by atoms with van der Waals surface area (Å²) in [4.78, 5) is 22.9. The highest BCUT2D eigenvalue weighted by Gasteiger charge is 2.41. The van der Waals surface area contributed by atoms with Crippen LogP contribution in [0.3, 0.4) is 0 Å². The number of ether oxygens (including phenoxy) is 2. The lowest BCUT2D eigenvalue weighted by atomic mass is 9.92. The normalized spacial score (nSPS) is 22.4. The van der Waals surface area contributed by atoms with Gasteiger partial charge in [-0.3, -0.25) is 4.79 Å². The molecular formula is C26H29ClO6. The van der Waals surface area contributed by atoms with Crippen LogP contribution in [0, 0.1) is 11.8 Å². The van der Waals surface area contributed by atoms with Crippen LogP contribution in [0.25, 0.3) is 0 Å². The molecule has 0 bridgehead atoms. The topological polar surface area (TPSA) is 93.1 Å². The van der Waals surface area contributed by atoms with Gasteiger partial charge in [-0.2, -0.15) is 0 Å². The van der Waals surface area contributed by atoms with Gasteiger partial charge in [0.2, 0.25) is 0 Å². The number of rotatable bonds is 11. The summed E-state index contributed by atoms with van der Waals surface area (Å²) in [6.45, 7) is 0.290. The minimum atomic E-state index is -0.792. The van der Waals surface area contributed by atoms with Crippen LogP contribution >= 0.6 is 11.6 Å². The summed E-state index contributed by atoms with van der Waals surface area (Å²) < 4.78 is 11.4. The number of halogens is 1. The maximum Gasteiger partial charge on any atom is 0.343 e. The van der Waals surface area contributed by atoms with Crippen molar-refractivity contribution in [2.45, 2.75) is 43.6 Å². The Morgan fingerprint density at radius 2 is 1.79 bits per heavy atom. The average Bonchev–Trinajstić information content (AvgIpc) is 3.07. The molecule has 2 aromatic carbocycles. The Morgan fingerprint density at radius 3 is 2.55 bits per heavy atom. The first-order valence-electron chi connectivity index (χ1n) is 11.1. The summed E-state index contributed by atoms with van der Waals surface area (Å²) in [6.07, 6.45) is 6.07. The lowest BCUT2D eigenvalue weighted by molar-refractivity contribution is -0.137. The highest BCUT2D eigenvalue weighted by atomic mass is 35.5. The van der Waals surface area contributed by atoms with Crippen molar-refractivity contribution < 1.29 is 29.3 Å². The van der Waals surface area contributed by atoms with Gasteiger partial charge in [-0.25, -0.2) is 4.79 Å². The Balaban J connectivity index is 1.54. The number of esters is 1. The van der Waals surface area contributed by atoms with Gasteiger partial charge < -0.3 is 19.7 Å². The van der Waals surface area contributed by atoms with Gasteiger partial charge >= 0.3 is 11.9 Å². The third-order valence-corrected chi connectivity index (χ3v) is 6.28. The SMILES string of the molecule is O=C(O)CCC/C=C\C[C@@H]1[C@@H](COc2cccc(OC(=O)c3ccccc3)c2)[C@@H](O)C[C@H]1Cl. The number of alkyl halides is 1. The Morgan fingerprint density at radius 1 is 1.03 bits per heavy atom. The Labute approximate surface area is 198 Å². The maximum atomic E-state index is 12.3. The first-order valence-corrected chi connectivity index (χ1v) is 11.6. The average molecular weight is 473 g/mol. The number of carboxylic acids is 1. The molecule has 0 heterocycles. The molecular weight excluding hydrogens is 444 g/mol. The standard InChI is InChI=1S/C26H29ClO6/c27-23-16-24(28)22(21(23)13-6-1-2-7-14-25(29)30)17-32-19-11-8-12-20(15-19)33-26(31)18-9-4-3-5-10-18/h1,3-6,8-12,15,21-24,28H,2,7,13-14,16-17H2,(H,29,30)/b6-1-/t21-,22-,23-,24+/m1/s1. The van der Waals surface area contributed by atoms with Crippen LogP contribution in [0.1, 0.15) is 42.5 Å². The summed E-state index contributed by atoms with van der Waals surface area (Å²) in [5, 5.41) is 19.0. The molecule has 0 radical (unpaired) electrons. The van der Waals surface area contributed by atoms with Crippen LogP contribution in [0.2, 0.25) is 0 Å². The largest absolute Gasteiger partial charge is 0.493 e. The first-order chi connectivity index (χ1) is 15.9. The second kappa shape index (κ2) is 12.4. The molecule has 0 unspecified atom stereocenters. The fourth-order valence-corrected chi connectivity index (χ4v) is 4.47. The summed E-state index contributed by atoms with van der Waals surface area (Å²) in [5.74, 6) is -0.396. The predicted molar refractivity (Wildman–Crippen MR) is 126 cm³/mol. The van der Waals surface area contributed by atoms with E-state index in [1.54, 1.807) is 48.5 Å². The second-order valence-corrected chi connectivity index (χ2v) is 8.74. The molecule has 0 aliphatic heterocycles. The number of aliphatic hydroxyl groups is 1. The number of benzene rings is 2. The molecule has 2 aromatic rings. The molecule has 33 heavy (non-hydrogen) atoms. The maximum absolute atomic E-state index is 12.3. The van der Waals surface area contributed by atoms with Crippen molar-refractivity contribution in [3.05, 3.63) is 72.3 Å². The van der Waals surface area contributed by atoms with Gasteiger partial charge in [0.25, 0.3) is 0 Å². The van der Waals surface area contributed by atoms with Crippen molar-refractivity contribution in [2.75, 3.05) is 6.61 Å². The number of aliphatic hydroxyl groups excluding tert-OH is 1. The third-order valence-electron chi connectivity index (χ3n) is 5.78. The van der Waals surface area contributed by atoms with Crippen molar-refractivity contribution in [1.82, 2.24) is 0 Å². The van der Waals surface area contributed by atoms with Crippen LogP contribution < -0.4 is 9.47 Å². The quantitative estimate of drug-likeness (QED) is 0.155. The Kier molecular flexibility index (Phi) is 9.34. The van der Waals surface area contributed by atoms with Gasteiger partial charge in [0.1, 0.15) is 11.5 Å². The molecule has 3 rings (SSSR count). The van der Waals surface area contributed by atoms with E-state index in [-0.39, 0.29) is 30.2 Å². The summed E-state index contributed by atoms with van der Waals surface area (Å²) >= 11 is 6.49. The molecule has 0 aromatic heterocycles. The highest BCUT2D eigenvalue weighted by Crippen LogP contribution is 2.39. The van der Waals surface area contributed by atoms with E-state index in [9.17, 15) is 14.7 Å². The zero-order valence-electron chi connectivity index (χ0n) is 18.3. The van der Waals surface area contributed by atoms with Crippen LogP contribution in [0.5, 0.6) is 11.5 Å². The van der Waals surface area contributed by atoms with Crippen molar-refractivity contribution in [3.8, 4) is 11.5 Å². The molecule has 0 amide bonds. The number of hydrogen-bond acceptors (Lipinski definition) is 5. The Hall–Kier alpha value is -2.83. The van der Waals surface area contributed by atoms with Gasteiger partial charge in [0, 0.05) is 23.8 Å². The first kappa shape index (κ1) is 24.8. The van der Waals surface area contributed by atoms with E-state index in [4.69, 9.17) is 26.2 Å². The second-order valence-electron chi connectivity index (χ2n) is 8.18. The van der Waals surface area contributed by atoms with Crippen LogP contribution in [-0.2, 0) is 4.79 Å². The molecule has 1 saturated carbocycles. The van der Waals surface area contributed by atoms with E-state index in [0.29, 0.717) is 42.7 Å². The molecule has 0 spiro atoms. The molecule has 2 N–H and O–H groups in total. The van der Waals surface area contributed by atoms with Crippen molar-refractivity contribution in [1.29, 1.82) is 0 Å². The number of carbonyl (C=O) groups is 2. The molecule has 176 valence electrons. The summed E-state index contributed by atoms with van der Waals surface area (Å²) in [5.41, 5.74) is 0.463. The monoisotopic (exact) mass is 472 g/mol. The van der Waals surface area contributed by atoms with E-state index in [1.165, 1.54) is 0 Å². The number of carbonyl (C=O) groups excluding carboxylic acids is 1. The van der Waals surface area contributed by atoms with Crippen LogP contribution in [0.4, 0.5) is 0 Å². The van der Waals surface area contributed by atoms with E-state index in [2.05, 4.69) is 0 Å². The molecule has 1 fully saturated rings. The minimum Gasteiger partial charge on any atom is -0.493 e. The third kappa shape index (κ3) is 7.62. The van der Waals surface area contributed by atoms with Gasteiger partial charge in [-0.05, 0) is 55.9 Å². The minimum absolute atomic E-state index is 0.0523. The fourth-order valence-electron chi connectivity index (χ4n) is 3.99. The van der Waals surface area contributed by atoms with Crippen molar-refractivity contribution >= 4 is 23.5 Å². The number of unbranched alkanes of at least 4 members (excludes halogenated alkanes) is 1. The number of allylic oxidation sites excluding steroid dienone is 2.